The van der Waals surface area contributed by atoms with Crippen molar-refractivity contribution in [1.82, 2.24) is 4.90 Å². The van der Waals surface area contributed by atoms with Crippen molar-refractivity contribution >= 4 is 17.6 Å². The van der Waals surface area contributed by atoms with Crippen LogP contribution in [0.25, 0.3) is 0 Å². The number of benzene rings is 1. The average Bonchev–Trinajstić information content (AvgIpc) is 2.94. The standard InChI is InChI=1S/C12H15FN4O2/c13-9-7-8(11(14)16-19)3-4-10(9)15-12(18)17-5-1-2-6-17/h3-4,7,19H,1-2,5-6H2,(H2,14,16)(H,15,18). The Hall–Kier alpha value is -2.31. The number of amidine groups is 1. The zero-order valence-corrected chi connectivity index (χ0v) is 10.3. The van der Waals surface area contributed by atoms with E-state index in [-0.39, 0.29) is 23.1 Å². The summed E-state index contributed by atoms with van der Waals surface area (Å²) in [6.07, 6.45) is 1.94. The van der Waals surface area contributed by atoms with Gasteiger partial charge in [-0.3, -0.25) is 0 Å². The van der Waals surface area contributed by atoms with Gasteiger partial charge in [0.1, 0.15) is 5.82 Å². The second kappa shape index (κ2) is 5.55. The Kier molecular flexibility index (Phi) is 3.84. The first-order valence-corrected chi connectivity index (χ1v) is 5.95. The molecule has 19 heavy (non-hydrogen) atoms. The summed E-state index contributed by atoms with van der Waals surface area (Å²) in [4.78, 5) is 13.4. The van der Waals surface area contributed by atoms with Crippen LogP contribution in [0.5, 0.6) is 0 Å². The molecule has 0 spiro atoms. The van der Waals surface area contributed by atoms with Crippen molar-refractivity contribution in [1.29, 1.82) is 0 Å². The number of carbonyl (C=O) groups excluding carboxylic acids is 1. The molecular formula is C12H15FN4O2. The molecule has 1 fully saturated rings. The maximum absolute atomic E-state index is 13.8. The predicted molar refractivity (Wildman–Crippen MR) is 68.7 cm³/mol. The summed E-state index contributed by atoms with van der Waals surface area (Å²) >= 11 is 0. The van der Waals surface area contributed by atoms with Crippen molar-refractivity contribution in [2.45, 2.75) is 12.8 Å². The normalized spacial score (nSPS) is 15.6. The lowest BCUT2D eigenvalue weighted by molar-refractivity contribution is 0.222. The van der Waals surface area contributed by atoms with Gasteiger partial charge in [-0.15, -0.1) is 0 Å². The van der Waals surface area contributed by atoms with Crippen molar-refractivity contribution < 1.29 is 14.4 Å². The minimum atomic E-state index is -0.628. The Morgan fingerprint density at radius 3 is 2.68 bits per heavy atom. The number of oxime groups is 1. The quantitative estimate of drug-likeness (QED) is 0.328. The number of likely N-dealkylation sites (tertiary alicyclic amines) is 1. The lowest BCUT2D eigenvalue weighted by Gasteiger charge is -2.16. The lowest BCUT2D eigenvalue weighted by atomic mass is 10.2. The molecule has 2 rings (SSSR count). The third-order valence-electron chi connectivity index (χ3n) is 3.01. The van der Waals surface area contributed by atoms with Crippen molar-refractivity contribution in [3.8, 4) is 0 Å². The molecular weight excluding hydrogens is 251 g/mol. The Morgan fingerprint density at radius 1 is 1.42 bits per heavy atom. The number of halogens is 1. The summed E-state index contributed by atoms with van der Waals surface area (Å²) in [5.74, 6) is -0.812. The van der Waals surface area contributed by atoms with Crippen LogP contribution in [-0.2, 0) is 0 Å². The number of nitrogens with one attached hydrogen (secondary N) is 1. The Bertz CT molecular complexity index is 512. The Balaban J connectivity index is 2.10. The highest BCUT2D eigenvalue weighted by molar-refractivity contribution is 5.98. The molecule has 1 aromatic carbocycles. The number of hydrogen-bond donors (Lipinski definition) is 3. The topological polar surface area (TPSA) is 91.0 Å². The largest absolute Gasteiger partial charge is 0.409 e. The van der Waals surface area contributed by atoms with Gasteiger partial charge in [0.25, 0.3) is 0 Å². The fourth-order valence-corrected chi connectivity index (χ4v) is 1.95. The van der Waals surface area contributed by atoms with Crippen LogP contribution < -0.4 is 11.1 Å². The smallest absolute Gasteiger partial charge is 0.321 e. The van der Waals surface area contributed by atoms with Gasteiger partial charge in [0, 0.05) is 18.7 Å². The molecule has 2 amide bonds. The molecule has 4 N–H and O–H groups in total. The van der Waals surface area contributed by atoms with E-state index >= 15 is 0 Å². The molecule has 0 unspecified atom stereocenters. The van der Waals surface area contributed by atoms with Gasteiger partial charge in [-0.05, 0) is 31.0 Å². The zero-order chi connectivity index (χ0) is 13.8. The molecule has 1 aliphatic heterocycles. The molecule has 0 aromatic heterocycles. The van der Waals surface area contributed by atoms with Crippen LogP contribution in [0.4, 0.5) is 14.9 Å². The van der Waals surface area contributed by atoms with Gasteiger partial charge in [-0.1, -0.05) is 5.16 Å². The van der Waals surface area contributed by atoms with Gasteiger partial charge >= 0.3 is 6.03 Å². The summed E-state index contributed by atoms with van der Waals surface area (Å²) < 4.78 is 13.8. The molecule has 6 nitrogen and oxygen atoms in total. The van der Waals surface area contributed by atoms with E-state index in [9.17, 15) is 9.18 Å². The molecule has 1 aliphatic rings. The number of carbonyl (C=O) groups is 1. The van der Waals surface area contributed by atoms with Crippen LogP contribution >= 0.6 is 0 Å². The average molecular weight is 266 g/mol. The predicted octanol–water partition coefficient (Wildman–Crippen LogP) is 1.55. The van der Waals surface area contributed by atoms with Gasteiger partial charge < -0.3 is 21.2 Å². The first kappa shape index (κ1) is 13.1. The van der Waals surface area contributed by atoms with E-state index in [4.69, 9.17) is 10.9 Å². The zero-order valence-electron chi connectivity index (χ0n) is 10.3. The van der Waals surface area contributed by atoms with E-state index in [1.165, 1.54) is 12.1 Å². The number of nitrogens with zero attached hydrogens (tertiary/aromatic N) is 2. The number of anilines is 1. The fraction of sp³-hybridized carbons (Fsp3) is 0.333. The highest BCUT2D eigenvalue weighted by atomic mass is 19.1. The van der Waals surface area contributed by atoms with E-state index in [0.717, 1.165) is 18.9 Å². The van der Waals surface area contributed by atoms with E-state index in [1.807, 2.05) is 0 Å². The minimum absolute atomic E-state index is 0.0754. The lowest BCUT2D eigenvalue weighted by Crippen LogP contribution is -2.32. The van der Waals surface area contributed by atoms with E-state index < -0.39 is 5.82 Å². The third kappa shape index (κ3) is 2.93. The van der Waals surface area contributed by atoms with Gasteiger partial charge in [-0.2, -0.15) is 0 Å². The van der Waals surface area contributed by atoms with Crippen molar-refractivity contribution in [3.05, 3.63) is 29.6 Å². The van der Waals surface area contributed by atoms with Crippen LogP contribution in [0.1, 0.15) is 18.4 Å². The maximum Gasteiger partial charge on any atom is 0.321 e. The SMILES string of the molecule is N/C(=N/O)c1ccc(NC(=O)N2CCCC2)c(F)c1. The monoisotopic (exact) mass is 266 g/mol. The number of nitrogens with two attached hydrogens (primary N) is 1. The van der Waals surface area contributed by atoms with Crippen molar-refractivity contribution in [3.63, 3.8) is 0 Å². The van der Waals surface area contributed by atoms with Crippen LogP contribution in [0.3, 0.4) is 0 Å². The van der Waals surface area contributed by atoms with E-state index in [2.05, 4.69) is 10.5 Å². The number of hydrogen-bond acceptors (Lipinski definition) is 3. The maximum atomic E-state index is 13.8. The summed E-state index contributed by atoms with van der Waals surface area (Å²) in [5.41, 5.74) is 5.68. The summed E-state index contributed by atoms with van der Waals surface area (Å²) in [5, 5.41) is 13.8. The van der Waals surface area contributed by atoms with Gasteiger partial charge in [0.2, 0.25) is 0 Å². The van der Waals surface area contributed by atoms with Crippen LogP contribution in [0.15, 0.2) is 23.4 Å². The number of amides is 2. The minimum Gasteiger partial charge on any atom is -0.409 e. The van der Waals surface area contributed by atoms with Crippen LogP contribution in [0, 0.1) is 5.82 Å². The number of urea groups is 1. The second-order valence-electron chi connectivity index (χ2n) is 4.30. The molecule has 1 saturated heterocycles. The highest BCUT2D eigenvalue weighted by Gasteiger charge is 2.19. The fourth-order valence-electron chi connectivity index (χ4n) is 1.95. The van der Waals surface area contributed by atoms with E-state index in [1.54, 1.807) is 4.90 Å². The van der Waals surface area contributed by atoms with Crippen LogP contribution in [0.2, 0.25) is 0 Å². The third-order valence-corrected chi connectivity index (χ3v) is 3.01. The molecule has 102 valence electrons. The molecule has 0 aliphatic carbocycles. The molecule has 0 bridgehead atoms. The molecule has 1 heterocycles. The van der Waals surface area contributed by atoms with Gasteiger partial charge in [-0.25, -0.2) is 9.18 Å². The van der Waals surface area contributed by atoms with Crippen molar-refractivity contribution in [2.75, 3.05) is 18.4 Å². The van der Waals surface area contributed by atoms with E-state index in [0.29, 0.717) is 13.1 Å². The molecule has 0 atom stereocenters. The molecule has 0 saturated carbocycles. The summed E-state index contributed by atoms with van der Waals surface area (Å²) in [6.45, 7) is 1.38. The Morgan fingerprint density at radius 2 is 2.11 bits per heavy atom. The summed E-state index contributed by atoms with van der Waals surface area (Å²) in [7, 11) is 0. The number of rotatable bonds is 2. The first-order chi connectivity index (χ1) is 9.11. The van der Waals surface area contributed by atoms with Crippen LogP contribution in [-0.4, -0.2) is 35.1 Å². The molecule has 0 radical (unpaired) electrons. The second-order valence-corrected chi connectivity index (χ2v) is 4.30. The highest BCUT2D eigenvalue weighted by Crippen LogP contribution is 2.17. The van der Waals surface area contributed by atoms with Crippen molar-refractivity contribution in [2.24, 2.45) is 10.9 Å². The summed E-state index contributed by atoms with van der Waals surface area (Å²) in [6, 6.07) is 3.65. The Labute approximate surface area is 109 Å². The van der Waals surface area contributed by atoms with Gasteiger partial charge in [0.05, 0.1) is 5.69 Å². The first-order valence-electron chi connectivity index (χ1n) is 5.95. The molecule has 7 heteroatoms. The molecule has 1 aromatic rings. The van der Waals surface area contributed by atoms with Gasteiger partial charge in [0.15, 0.2) is 5.84 Å².